The third-order valence-corrected chi connectivity index (χ3v) is 3.52. The summed E-state index contributed by atoms with van der Waals surface area (Å²) in [5.74, 6) is 0.869. The van der Waals surface area contributed by atoms with E-state index in [0.717, 1.165) is 29.2 Å². The van der Waals surface area contributed by atoms with Crippen LogP contribution in [0.25, 0.3) is 0 Å². The first-order valence-electron chi connectivity index (χ1n) is 6.89. The van der Waals surface area contributed by atoms with Crippen molar-refractivity contribution in [3.63, 3.8) is 0 Å². The van der Waals surface area contributed by atoms with Crippen molar-refractivity contribution in [3.8, 4) is 5.75 Å². The summed E-state index contributed by atoms with van der Waals surface area (Å²) >= 11 is 5.85. The second-order valence-electron chi connectivity index (χ2n) is 4.93. The van der Waals surface area contributed by atoms with E-state index in [-0.39, 0.29) is 6.04 Å². The molecule has 106 valence electrons. The van der Waals surface area contributed by atoms with Crippen LogP contribution in [0.5, 0.6) is 5.75 Å². The summed E-state index contributed by atoms with van der Waals surface area (Å²) in [6.07, 6.45) is 1.91. The Bertz CT molecular complexity index is 522. The highest BCUT2D eigenvalue weighted by Crippen LogP contribution is 2.16. The summed E-state index contributed by atoms with van der Waals surface area (Å²) in [6, 6.07) is 16.1. The molecular formula is C17H20ClNO. The van der Waals surface area contributed by atoms with Gasteiger partial charge in [0.15, 0.2) is 0 Å². The standard InChI is InChI=1S/C17H20ClNO/c1-2-16(19)11-13-5-9-17(10-6-13)20-12-14-3-7-15(18)8-4-14/h3-10,16H,2,11-12,19H2,1H3. The molecule has 0 aliphatic rings. The lowest BCUT2D eigenvalue weighted by Gasteiger charge is -2.10. The van der Waals surface area contributed by atoms with Gasteiger partial charge in [0.2, 0.25) is 0 Å². The van der Waals surface area contributed by atoms with Gasteiger partial charge < -0.3 is 10.5 Å². The third-order valence-electron chi connectivity index (χ3n) is 3.26. The molecule has 0 fully saturated rings. The Balaban J connectivity index is 1.89. The minimum Gasteiger partial charge on any atom is -0.489 e. The number of hydrogen-bond acceptors (Lipinski definition) is 2. The molecule has 2 rings (SSSR count). The molecule has 0 spiro atoms. The molecule has 0 amide bonds. The van der Waals surface area contributed by atoms with Crippen LogP contribution in [0.1, 0.15) is 24.5 Å². The summed E-state index contributed by atoms with van der Waals surface area (Å²) in [5.41, 5.74) is 8.30. The topological polar surface area (TPSA) is 35.2 Å². The molecule has 0 saturated heterocycles. The molecule has 0 aliphatic carbocycles. The van der Waals surface area contributed by atoms with E-state index in [2.05, 4.69) is 19.1 Å². The van der Waals surface area contributed by atoms with Gasteiger partial charge in [-0.05, 0) is 48.2 Å². The van der Waals surface area contributed by atoms with Crippen LogP contribution < -0.4 is 10.5 Å². The van der Waals surface area contributed by atoms with Crippen LogP contribution in [-0.2, 0) is 13.0 Å². The van der Waals surface area contributed by atoms with E-state index < -0.39 is 0 Å². The van der Waals surface area contributed by atoms with Crippen LogP contribution >= 0.6 is 11.6 Å². The lowest BCUT2D eigenvalue weighted by Crippen LogP contribution is -2.21. The molecule has 2 nitrogen and oxygen atoms in total. The minimum absolute atomic E-state index is 0.232. The van der Waals surface area contributed by atoms with Gasteiger partial charge in [-0.25, -0.2) is 0 Å². The minimum atomic E-state index is 0.232. The van der Waals surface area contributed by atoms with Gasteiger partial charge in [0.1, 0.15) is 12.4 Å². The van der Waals surface area contributed by atoms with Crippen LogP contribution in [-0.4, -0.2) is 6.04 Å². The van der Waals surface area contributed by atoms with Crippen LogP contribution in [0, 0.1) is 0 Å². The fraction of sp³-hybridized carbons (Fsp3) is 0.294. The smallest absolute Gasteiger partial charge is 0.119 e. The molecular weight excluding hydrogens is 270 g/mol. The molecule has 0 aromatic heterocycles. The molecule has 1 unspecified atom stereocenters. The second-order valence-corrected chi connectivity index (χ2v) is 5.37. The first-order chi connectivity index (χ1) is 9.67. The largest absolute Gasteiger partial charge is 0.489 e. The zero-order chi connectivity index (χ0) is 14.4. The number of rotatable bonds is 6. The number of ether oxygens (including phenoxy) is 1. The molecule has 2 aromatic rings. The van der Waals surface area contributed by atoms with Crippen molar-refractivity contribution in [2.24, 2.45) is 5.73 Å². The molecule has 3 heteroatoms. The van der Waals surface area contributed by atoms with Crippen LogP contribution in [0.15, 0.2) is 48.5 Å². The maximum Gasteiger partial charge on any atom is 0.119 e. The van der Waals surface area contributed by atoms with Crippen molar-refractivity contribution in [1.82, 2.24) is 0 Å². The molecule has 0 radical (unpaired) electrons. The van der Waals surface area contributed by atoms with Gasteiger partial charge >= 0.3 is 0 Å². The van der Waals surface area contributed by atoms with Gasteiger partial charge in [0, 0.05) is 11.1 Å². The first-order valence-corrected chi connectivity index (χ1v) is 7.27. The van der Waals surface area contributed by atoms with Crippen LogP contribution in [0.2, 0.25) is 5.02 Å². The second kappa shape index (κ2) is 7.32. The maximum absolute atomic E-state index is 5.95. The van der Waals surface area contributed by atoms with Crippen molar-refractivity contribution in [1.29, 1.82) is 0 Å². The van der Waals surface area contributed by atoms with Gasteiger partial charge in [0.05, 0.1) is 0 Å². The Labute approximate surface area is 125 Å². The molecule has 0 heterocycles. The average molecular weight is 290 g/mol. The van der Waals surface area contributed by atoms with Crippen molar-refractivity contribution in [2.75, 3.05) is 0 Å². The normalized spacial score (nSPS) is 12.2. The number of halogens is 1. The van der Waals surface area contributed by atoms with Crippen LogP contribution in [0.3, 0.4) is 0 Å². The van der Waals surface area contributed by atoms with E-state index in [9.17, 15) is 0 Å². The summed E-state index contributed by atoms with van der Waals surface area (Å²) in [6.45, 7) is 2.65. The fourth-order valence-electron chi connectivity index (χ4n) is 1.92. The zero-order valence-electron chi connectivity index (χ0n) is 11.7. The van der Waals surface area contributed by atoms with Crippen LogP contribution in [0.4, 0.5) is 0 Å². The molecule has 0 aliphatic heterocycles. The molecule has 2 N–H and O–H groups in total. The van der Waals surface area contributed by atoms with E-state index in [1.165, 1.54) is 5.56 Å². The Kier molecular flexibility index (Phi) is 5.45. The average Bonchev–Trinajstić information content (AvgIpc) is 2.48. The Hall–Kier alpha value is -1.51. The molecule has 0 bridgehead atoms. The summed E-state index contributed by atoms with van der Waals surface area (Å²) in [4.78, 5) is 0. The highest BCUT2D eigenvalue weighted by atomic mass is 35.5. The van der Waals surface area contributed by atoms with E-state index in [1.54, 1.807) is 0 Å². The monoisotopic (exact) mass is 289 g/mol. The predicted octanol–water partition coefficient (Wildman–Crippen LogP) is 4.20. The summed E-state index contributed by atoms with van der Waals surface area (Å²) in [5, 5.41) is 0.741. The number of hydrogen-bond donors (Lipinski definition) is 1. The quantitative estimate of drug-likeness (QED) is 0.865. The zero-order valence-corrected chi connectivity index (χ0v) is 12.4. The predicted molar refractivity (Wildman–Crippen MR) is 84.2 cm³/mol. The van der Waals surface area contributed by atoms with Gasteiger partial charge in [-0.15, -0.1) is 0 Å². The molecule has 1 atom stereocenters. The maximum atomic E-state index is 5.95. The van der Waals surface area contributed by atoms with Gasteiger partial charge in [0.25, 0.3) is 0 Å². The number of benzene rings is 2. The van der Waals surface area contributed by atoms with Crippen molar-refractivity contribution in [3.05, 3.63) is 64.7 Å². The third kappa shape index (κ3) is 4.55. The fourth-order valence-corrected chi connectivity index (χ4v) is 2.04. The van der Waals surface area contributed by atoms with Gasteiger partial charge in [-0.3, -0.25) is 0 Å². The van der Waals surface area contributed by atoms with Crippen molar-refractivity contribution < 1.29 is 4.74 Å². The van der Waals surface area contributed by atoms with Crippen molar-refractivity contribution >= 4 is 11.6 Å². The SMILES string of the molecule is CCC(N)Cc1ccc(OCc2ccc(Cl)cc2)cc1. The van der Waals surface area contributed by atoms with Gasteiger partial charge in [-0.2, -0.15) is 0 Å². The first kappa shape index (κ1) is 14.9. The van der Waals surface area contributed by atoms with E-state index in [1.807, 2.05) is 36.4 Å². The Morgan fingerprint density at radius 1 is 1.00 bits per heavy atom. The summed E-state index contributed by atoms with van der Waals surface area (Å²) < 4.78 is 5.74. The van der Waals surface area contributed by atoms with E-state index in [0.29, 0.717) is 6.61 Å². The molecule has 20 heavy (non-hydrogen) atoms. The van der Waals surface area contributed by atoms with E-state index >= 15 is 0 Å². The lowest BCUT2D eigenvalue weighted by atomic mass is 10.0. The number of nitrogens with two attached hydrogens (primary N) is 1. The van der Waals surface area contributed by atoms with Gasteiger partial charge in [-0.1, -0.05) is 42.8 Å². The molecule has 2 aromatic carbocycles. The van der Waals surface area contributed by atoms with E-state index in [4.69, 9.17) is 22.1 Å². The highest BCUT2D eigenvalue weighted by Gasteiger charge is 2.02. The Morgan fingerprint density at radius 2 is 1.60 bits per heavy atom. The lowest BCUT2D eigenvalue weighted by molar-refractivity contribution is 0.306. The summed E-state index contributed by atoms with van der Waals surface area (Å²) in [7, 11) is 0. The highest BCUT2D eigenvalue weighted by molar-refractivity contribution is 6.30. The Morgan fingerprint density at radius 3 is 2.20 bits per heavy atom. The molecule has 0 saturated carbocycles. The van der Waals surface area contributed by atoms with Crippen molar-refractivity contribution in [2.45, 2.75) is 32.4 Å².